The van der Waals surface area contributed by atoms with Gasteiger partial charge in [-0.2, -0.15) is 0 Å². The molecule has 0 aliphatic rings. The third-order valence-corrected chi connectivity index (χ3v) is 3.48. The van der Waals surface area contributed by atoms with Gasteiger partial charge in [-0.15, -0.1) is 0 Å². The SMILES string of the molecule is Cc1ccc(S(=O)(=O)Nc2ccon2)cc1F. The van der Waals surface area contributed by atoms with Crippen LogP contribution in [-0.2, 0) is 10.0 Å². The van der Waals surface area contributed by atoms with Gasteiger partial charge in [-0.3, -0.25) is 4.72 Å². The number of aryl methyl sites for hydroxylation is 1. The molecule has 17 heavy (non-hydrogen) atoms. The van der Waals surface area contributed by atoms with E-state index in [4.69, 9.17) is 0 Å². The van der Waals surface area contributed by atoms with Crippen molar-refractivity contribution < 1.29 is 17.3 Å². The van der Waals surface area contributed by atoms with Crippen LogP contribution in [0.5, 0.6) is 0 Å². The third-order valence-electron chi connectivity index (χ3n) is 2.13. The summed E-state index contributed by atoms with van der Waals surface area (Å²) in [5.41, 5.74) is 0.380. The quantitative estimate of drug-likeness (QED) is 0.910. The van der Waals surface area contributed by atoms with Crippen LogP contribution >= 0.6 is 0 Å². The number of benzene rings is 1. The van der Waals surface area contributed by atoms with Gasteiger partial charge in [0, 0.05) is 6.07 Å². The van der Waals surface area contributed by atoms with Gasteiger partial charge < -0.3 is 4.52 Å². The van der Waals surface area contributed by atoms with E-state index in [1.807, 2.05) is 0 Å². The van der Waals surface area contributed by atoms with Gasteiger partial charge in [-0.1, -0.05) is 11.2 Å². The Labute approximate surface area is 97.3 Å². The number of rotatable bonds is 3. The first-order valence-corrected chi connectivity index (χ1v) is 6.17. The highest BCUT2D eigenvalue weighted by Crippen LogP contribution is 2.17. The van der Waals surface area contributed by atoms with Crippen molar-refractivity contribution in [1.29, 1.82) is 0 Å². The lowest BCUT2D eigenvalue weighted by Gasteiger charge is -2.05. The van der Waals surface area contributed by atoms with Crippen LogP contribution in [0.1, 0.15) is 5.56 Å². The molecule has 2 rings (SSSR count). The molecular formula is C10H9FN2O3S. The summed E-state index contributed by atoms with van der Waals surface area (Å²) in [7, 11) is -3.83. The van der Waals surface area contributed by atoms with Crippen molar-refractivity contribution in [3.05, 3.63) is 41.9 Å². The lowest BCUT2D eigenvalue weighted by atomic mass is 10.2. The molecule has 0 atom stereocenters. The van der Waals surface area contributed by atoms with E-state index in [0.717, 1.165) is 6.07 Å². The first-order chi connectivity index (χ1) is 7.99. The summed E-state index contributed by atoms with van der Waals surface area (Å²) in [6, 6.07) is 5.02. The molecule has 0 fully saturated rings. The molecule has 0 bridgehead atoms. The maximum absolute atomic E-state index is 13.3. The van der Waals surface area contributed by atoms with Gasteiger partial charge >= 0.3 is 0 Å². The minimum Gasteiger partial charge on any atom is -0.363 e. The van der Waals surface area contributed by atoms with Crippen LogP contribution in [0.4, 0.5) is 10.2 Å². The predicted molar refractivity (Wildman–Crippen MR) is 58.4 cm³/mol. The van der Waals surface area contributed by atoms with E-state index in [1.54, 1.807) is 6.92 Å². The summed E-state index contributed by atoms with van der Waals surface area (Å²) < 4.78 is 43.5. The molecule has 0 aliphatic heterocycles. The number of hydrogen-bond acceptors (Lipinski definition) is 4. The maximum atomic E-state index is 13.3. The summed E-state index contributed by atoms with van der Waals surface area (Å²) in [5, 5.41) is 3.41. The van der Waals surface area contributed by atoms with Crippen LogP contribution in [0, 0.1) is 12.7 Å². The van der Waals surface area contributed by atoms with E-state index >= 15 is 0 Å². The Bertz CT molecular complexity index is 623. The van der Waals surface area contributed by atoms with Crippen LogP contribution in [0.3, 0.4) is 0 Å². The minimum atomic E-state index is -3.83. The zero-order valence-electron chi connectivity index (χ0n) is 8.84. The van der Waals surface area contributed by atoms with Gasteiger partial charge in [-0.05, 0) is 24.6 Å². The Balaban J connectivity index is 2.35. The van der Waals surface area contributed by atoms with Crippen LogP contribution in [0.25, 0.3) is 0 Å². The highest BCUT2D eigenvalue weighted by atomic mass is 32.2. The molecule has 0 aliphatic carbocycles. The van der Waals surface area contributed by atoms with Crippen LogP contribution < -0.4 is 4.72 Å². The predicted octanol–water partition coefficient (Wildman–Crippen LogP) is 1.92. The lowest BCUT2D eigenvalue weighted by Crippen LogP contribution is -2.13. The molecule has 1 heterocycles. The second-order valence-corrected chi connectivity index (χ2v) is 5.08. The summed E-state index contributed by atoms with van der Waals surface area (Å²) >= 11 is 0. The number of nitrogens with zero attached hydrogens (tertiary/aromatic N) is 1. The molecule has 2 aromatic rings. The second kappa shape index (κ2) is 4.17. The Morgan fingerprint density at radius 1 is 1.35 bits per heavy atom. The van der Waals surface area contributed by atoms with E-state index in [9.17, 15) is 12.8 Å². The van der Waals surface area contributed by atoms with Gasteiger partial charge in [0.2, 0.25) is 0 Å². The lowest BCUT2D eigenvalue weighted by molar-refractivity contribution is 0.423. The van der Waals surface area contributed by atoms with Crippen LogP contribution in [0.2, 0.25) is 0 Å². The van der Waals surface area contributed by atoms with E-state index < -0.39 is 15.8 Å². The number of hydrogen-bond donors (Lipinski definition) is 1. The highest BCUT2D eigenvalue weighted by molar-refractivity contribution is 7.92. The highest BCUT2D eigenvalue weighted by Gasteiger charge is 2.16. The van der Waals surface area contributed by atoms with Crippen molar-refractivity contribution in [2.75, 3.05) is 4.72 Å². The topological polar surface area (TPSA) is 72.2 Å². The van der Waals surface area contributed by atoms with Crippen molar-refractivity contribution in [2.24, 2.45) is 0 Å². The van der Waals surface area contributed by atoms with Gasteiger partial charge in [0.15, 0.2) is 5.82 Å². The monoisotopic (exact) mass is 256 g/mol. The summed E-state index contributed by atoms with van der Waals surface area (Å²) in [6.45, 7) is 1.55. The van der Waals surface area contributed by atoms with Gasteiger partial charge in [0.1, 0.15) is 12.1 Å². The van der Waals surface area contributed by atoms with Crippen molar-refractivity contribution in [2.45, 2.75) is 11.8 Å². The molecule has 0 spiro atoms. The number of sulfonamides is 1. The van der Waals surface area contributed by atoms with Crippen molar-refractivity contribution in [3.8, 4) is 0 Å². The summed E-state index contributed by atoms with van der Waals surface area (Å²) in [4.78, 5) is -0.163. The van der Waals surface area contributed by atoms with Gasteiger partial charge in [0.05, 0.1) is 4.90 Å². The molecule has 0 radical (unpaired) electrons. The van der Waals surface area contributed by atoms with E-state index in [1.165, 1.54) is 24.5 Å². The molecule has 0 saturated heterocycles. The van der Waals surface area contributed by atoms with E-state index in [-0.39, 0.29) is 10.7 Å². The molecule has 7 heteroatoms. The third kappa shape index (κ3) is 2.44. The Morgan fingerprint density at radius 2 is 2.12 bits per heavy atom. The molecule has 1 aromatic heterocycles. The Hall–Kier alpha value is -1.89. The fourth-order valence-corrected chi connectivity index (χ4v) is 2.21. The molecule has 1 aromatic carbocycles. The number of anilines is 1. The molecule has 5 nitrogen and oxygen atoms in total. The van der Waals surface area contributed by atoms with Crippen LogP contribution in [0.15, 0.2) is 39.9 Å². The van der Waals surface area contributed by atoms with Gasteiger partial charge in [0.25, 0.3) is 10.0 Å². The normalized spacial score (nSPS) is 11.4. The molecule has 90 valence electrons. The zero-order valence-corrected chi connectivity index (χ0v) is 9.66. The number of aromatic nitrogens is 1. The van der Waals surface area contributed by atoms with Gasteiger partial charge in [-0.25, -0.2) is 12.8 Å². The number of nitrogens with one attached hydrogen (secondary N) is 1. The molecule has 0 unspecified atom stereocenters. The largest absolute Gasteiger partial charge is 0.363 e. The summed E-state index contributed by atoms with van der Waals surface area (Å²) in [6.07, 6.45) is 1.23. The van der Waals surface area contributed by atoms with E-state index in [0.29, 0.717) is 5.56 Å². The molecule has 0 amide bonds. The maximum Gasteiger partial charge on any atom is 0.263 e. The minimum absolute atomic E-state index is 0.0472. The first kappa shape index (κ1) is 11.6. The average Bonchev–Trinajstić information content (AvgIpc) is 2.73. The number of halogens is 1. The fraction of sp³-hybridized carbons (Fsp3) is 0.100. The fourth-order valence-electron chi connectivity index (χ4n) is 1.20. The van der Waals surface area contributed by atoms with Crippen molar-refractivity contribution >= 4 is 15.8 Å². The first-order valence-electron chi connectivity index (χ1n) is 4.68. The average molecular weight is 256 g/mol. The van der Waals surface area contributed by atoms with Crippen LogP contribution in [-0.4, -0.2) is 13.6 Å². The Kier molecular flexibility index (Phi) is 2.84. The molecule has 1 N–H and O–H groups in total. The smallest absolute Gasteiger partial charge is 0.263 e. The van der Waals surface area contributed by atoms with Crippen molar-refractivity contribution in [1.82, 2.24) is 5.16 Å². The van der Waals surface area contributed by atoms with Crippen molar-refractivity contribution in [3.63, 3.8) is 0 Å². The summed E-state index contributed by atoms with van der Waals surface area (Å²) in [5.74, 6) is -0.529. The zero-order chi connectivity index (χ0) is 12.5. The van der Waals surface area contributed by atoms with E-state index in [2.05, 4.69) is 14.4 Å². The molecule has 0 saturated carbocycles. The molecular weight excluding hydrogens is 247 g/mol. The Morgan fingerprint density at radius 3 is 2.71 bits per heavy atom. The second-order valence-electron chi connectivity index (χ2n) is 3.40. The standard InChI is InChI=1S/C10H9FN2O3S/c1-7-2-3-8(6-9(7)11)17(14,15)13-10-4-5-16-12-10/h2-6H,1H3,(H,12,13).